The van der Waals surface area contributed by atoms with Crippen molar-refractivity contribution in [3.63, 3.8) is 0 Å². The molecule has 17 heavy (non-hydrogen) atoms. The summed E-state index contributed by atoms with van der Waals surface area (Å²) in [4.78, 5) is 0. The van der Waals surface area contributed by atoms with Gasteiger partial charge in [0.05, 0.1) is 9.52 Å². The number of hydrogen-bond donors (Lipinski definition) is 0. The van der Waals surface area contributed by atoms with E-state index in [2.05, 4.69) is 26.0 Å². The van der Waals surface area contributed by atoms with Crippen LogP contribution >= 0.6 is 23.2 Å². The van der Waals surface area contributed by atoms with Crippen LogP contribution in [-0.4, -0.2) is 9.52 Å². The van der Waals surface area contributed by atoms with Gasteiger partial charge in [0.2, 0.25) is 0 Å². The third-order valence-corrected chi connectivity index (χ3v) is 7.28. The van der Waals surface area contributed by atoms with Crippen molar-refractivity contribution in [3.05, 3.63) is 43.8 Å². The van der Waals surface area contributed by atoms with Crippen molar-refractivity contribution >= 4 is 32.7 Å². The first-order chi connectivity index (χ1) is 8.17. The predicted molar refractivity (Wildman–Crippen MR) is 80.3 cm³/mol. The minimum Gasteiger partial charge on any atom is -0.0889 e. The summed E-state index contributed by atoms with van der Waals surface area (Å²) < 4.78 is 0. The maximum Gasteiger partial charge on any atom is 0.0912 e. The number of hydrogen-bond acceptors (Lipinski definition) is 0. The van der Waals surface area contributed by atoms with E-state index in [-0.39, 0.29) is 0 Å². The molecule has 2 rings (SSSR count). The molecule has 0 aliphatic heterocycles. The van der Waals surface area contributed by atoms with Crippen molar-refractivity contribution in [1.29, 1.82) is 0 Å². The van der Waals surface area contributed by atoms with Crippen LogP contribution in [0, 0.1) is 0 Å². The van der Waals surface area contributed by atoms with Gasteiger partial charge in [-0.05, 0) is 23.2 Å². The zero-order valence-electron chi connectivity index (χ0n) is 10.4. The minimum absolute atomic E-state index is 0.489. The summed E-state index contributed by atoms with van der Waals surface area (Å²) in [5.41, 5.74) is 2.92. The number of halogens is 2. The minimum atomic E-state index is -0.489. The first-order valence-electron chi connectivity index (χ1n) is 6.31. The molecular formula is C14H18Cl2Si. The molecule has 0 saturated carbocycles. The third kappa shape index (κ3) is 2.62. The fourth-order valence-corrected chi connectivity index (χ4v) is 5.64. The Bertz CT molecular complexity index is 411. The van der Waals surface area contributed by atoms with Gasteiger partial charge < -0.3 is 0 Å². The molecule has 0 atom stereocenters. The SMILES string of the molecule is CCC1=CCC(Cl)=C1[SiH2]C1=C(Cl)CC=C1CC. The molecule has 2 aliphatic carbocycles. The van der Waals surface area contributed by atoms with Gasteiger partial charge in [-0.2, -0.15) is 0 Å². The molecule has 3 heteroatoms. The van der Waals surface area contributed by atoms with Gasteiger partial charge in [0.25, 0.3) is 0 Å². The van der Waals surface area contributed by atoms with Crippen LogP contribution in [0.4, 0.5) is 0 Å². The maximum absolute atomic E-state index is 6.35. The van der Waals surface area contributed by atoms with Gasteiger partial charge in [0.1, 0.15) is 0 Å². The van der Waals surface area contributed by atoms with E-state index < -0.39 is 9.52 Å². The van der Waals surface area contributed by atoms with E-state index in [1.807, 2.05) is 0 Å². The van der Waals surface area contributed by atoms with Crippen LogP contribution in [0.5, 0.6) is 0 Å². The monoisotopic (exact) mass is 284 g/mol. The molecule has 0 radical (unpaired) electrons. The lowest BCUT2D eigenvalue weighted by Gasteiger charge is -2.11. The zero-order valence-corrected chi connectivity index (χ0v) is 13.4. The quantitative estimate of drug-likeness (QED) is 0.665. The second-order valence-corrected chi connectivity index (χ2v) is 7.20. The van der Waals surface area contributed by atoms with Crippen LogP contribution in [0.2, 0.25) is 0 Å². The topological polar surface area (TPSA) is 0 Å². The van der Waals surface area contributed by atoms with Crippen LogP contribution in [0.3, 0.4) is 0 Å². The molecule has 0 bridgehead atoms. The highest BCUT2D eigenvalue weighted by Crippen LogP contribution is 2.36. The van der Waals surface area contributed by atoms with Crippen molar-refractivity contribution in [3.8, 4) is 0 Å². The molecule has 0 nitrogen and oxygen atoms in total. The molecule has 2 aliphatic rings. The number of rotatable bonds is 4. The summed E-state index contributed by atoms with van der Waals surface area (Å²) in [5, 5.41) is 5.02. The molecule has 0 aromatic carbocycles. The summed E-state index contributed by atoms with van der Waals surface area (Å²) in [7, 11) is -0.489. The summed E-state index contributed by atoms with van der Waals surface area (Å²) in [6, 6.07) is 0. The first kappa shape index (κ1) is 13.2. The Balaban J connectivity index is 2.22. The molecule has 0 saturated heterocycles. The molecule has 0 amide bonds. The molecule has 0 N–H and O–H groups in total. The van der Waals surface area contributed by atoms with Crippen LogP contribution in [0.1, 0.15) is 39.5 Å². The smallest absolute Gasteiger partial charge is 0.0889 e. The van der Waals surface area contributed by atoms with Gasteiger partial charge in [0.15, 0.2) is 0 Å². The maximum atomic E-state index is 6.35. The highest BCUT2D eigenvalue weighted by molar-refractivity contribution is 6.61. The largest absolute Gasteiger partial charge is 0.0912 e. The summed E-state index contributed by atoms with van der Waals surface area (Å²) in [6.45, 7) is 4.41. The van der Waals surface area contributed by atoms with Crippen LogP contribution in [0.25, 0.3) is 0 Å². The number of allylic oxidation sites excluding steroid dienone is 8. The van der Waals surface area contributed by atoms with Crippen molar-refractivity contribution in [2.24, 2.45) is 0 Å². The van der Waals surface area contributed by atoms with Crippen molar-refractivity contribution in [2.45, 2.75) is 39.5 Å². The molecule has 0 heterocycles. The zero-order chi connectivity index (χ0) is 12.4. The van der Waals surface area contributed by atoms with E-state index in [1.165, 1.54) is 21.5 Å². The van der Waals surface area contributed by atoms with E-state index in [1.54, 1.807) is 0 Å². The van der Waals surface area contributed by atoms with Crippen LogP contribution in [0.15, 0.2) is 43.8 Å². The van der Waals surface area contributed by atoms with E-state index in [0.717, 1.165) is 35.7 Å². The fourth-order valence-electron chi connectivity index (χ4n) is 2.58. The molecule has 92 valence electrons. The summed E-state index contributed by atoms with van der Waals surface area (Å²) in [6.07, 6.45) is 8.61. The van der Waals surface area contributed by atoms with Crippen molar-refractivity contribution in [2.75, 3.05) is 0 Å². The summed E-state index contributed by atoms with van der Waals surface area (Å²) >= 11 is 12.7. The van der Waals surface area contributed by atoms with E-state index in [4.69, 9.17) is 23.2 Å². The molecule has 0 fully saturated rings. The Morgan fingerprint density at radius 2 is 1.35 bits per heavy atom. The molecule has 0 aromatic heterocycles. The average Bonchev–Trinajstić information content (AvgIpc) is 2.85. The van der Waals surface area contributed by atoms with Crippen molar-refractivity contribution < 1.29 is 0 Å². The lowest BCUT2D eigenvalue weighted by atomic mass is 10.2. The third-order valence-electron chi connectivity index (χ3n) is 3.60. The molecular weight excluding hydrogens is 267 g/mol. The lowest BCUT2D eigenvalue weighted by Crippen LogP contribution is -2.05. The lowest BCUT2D eigenvalue weighted by molar-refractivity contribution is 1.13. The molecule has 0 spiro atoms. The van der Waals surface area contributed by atoms with Gasteiger partial charge in [-0.3, -0.25) is 0 Å². The summed E-state index contributed by atoms with van der Waals surface area (Å²) in [5.74, 6) is 0. The Labute approximate surface area is 116 Å². The molecule has 0 unspecified atom stereocenters. The Hall–Kier alpha value is -0.243. The average molecular weight is 285 g/mol. The standard InChI is InChI=1S/C14H18Cl2Si/c1-3-9-5-7-11(15)13(9)17-14-10(4-2)6-8-12(14)16/h5-6H,3-4,7-8,17H2,1-2H3. The van der Waals surface area contributed by atoms with Gasteiger partial charge >= 0.3 is 0 Å². The highest BCUT2D eigenvalue weighted by Gasteiger charge is 2.21. The first-order valence-corrected chi connectivity index (χ1v) is 8.48. The highest BCUT2D eigenvalue weighted by atomic mass is 35.5. The van der Waals surface area contributed by atoms with Gasteiger partial charge in [-0.1, -0.05) is 60.3 Å². The van der Waals surface area contributed by atoms with Crippen LogP contribution in [-0.2, 0) is 0 Å². The second kappa shape index (κ2) is 5.60. The van der Waals surface area contributed by atoms with Gasteiger partial charge in [-0.15, -0.1) is 0 Å². The fraction of sp³-hybridized carbons (Fsp3) is 0.429. The van der Waals surface area contributed by atoms with E-state index >= 15 is 0 Å². The Morgan fingerprint density at radius 1 is 0.941 bits per heavy atom. The second-order valence-electron chi connectivity index (χ2n) is 4.52. The van der Waals surface area contributed by atoms with E-state index in [0.29, 0.717) is 0 Å². The Kier molecular flexibility index (Phi) is 4.35. The van der Waals surface area contributed by atoms with Gasteiger partial charge in [0, 0.05) is 22.9 Å². The molecule has 0 aromatic rings. The van der Waals surface area contributed by atoms with Crippen LogP contribution < -0.4 is 0 Å². The van der Waals surface area contributed by atoms with E-state index in [9.17, 15) is 0 Å². The normalized spacial score (nSPS) is 20.2. The Morgan fingerprint density at radius 3 is 1.71 bits per heavy atom. The van der Waals surface area contributed by atoms with Gasteiger partial charge in [-0.25, -0.2) is 0 Å². The van der Waals surface area contributed by atoms with Crippen molar-refractivity contribution in [1.82, 2.24) is 0 Å². The predicted octanol–water partition coefficient (Wildman–Crippen LogP) is 4.54.